The molecule has 7 heteroatoms. The van der Waals surface area contributed by atoms with E-state index >= 15 is 0 Å². The SMILES string of the molecule is Cc1ccccc1-c1nc(CN2CCC[C@H]2c2ncn[nH]2)no1. The molecule has 7 nitrogen and oxygen atoms in total. The van der Waals surface area contributed by atoms with Crippen molar-refractivity contribution in [1.29, 1.82) is 0 Å². The number of aromatic nitrogens is 5. The van der Waals surface area contributed by atoms with E-state index in [9.17, 15) is 0 Å². The van der Waals surface area contributed by atoms with Crippen molar-refractivity contribution in [3.63, 3.8) is 0 Å². The standard InChI is InChI=1S/C16H18N6O/c1-11-5-2-3-6-12(11)16-19-14(21-23-16)9-22-8-4-7-13(22)15-17-10-18-20-15/h2-3,5-6,10,13H,4,7-9H2,1H3,(H,17,18,20)/t13-/m0/s1. The van der Waals surface area contributed by atoms with E-state index in [1.165, 1.54) is 0 Å². The van der Waals surface area contributed by atoms with Crippen LogP contribution in [-0.4, -0.2) is 36.8 Å². The van der Waals surface area contributed by atoms with Crippen LogP contribution in [0.3, 0.4) is 0 Å². The maximum absolute atomic E-state index is 5.44. The minimum absolute atomic E-state index is 0.248. The molecule has 0 aliphatic carbocycles. The van der Waals surface area contributed by atoms with Gasteiger partial charge in [0, 0.05) is 5.56 Å². The zero-order chi connectivity index (χ0) is 15.6. The van der Waals surface area contributed by atoms with Gasteiger partial charge in [-0.15, -0.1) is 0 Å². The molecule has 0 radical (unpaired) electrons. The number of aryl methyl sites for hydroxylation is 1. The van der Waals surface area contributed by atoms with Crippen LogP contribution in [0.15, 0.2) is 35.1 Å². The number of nitrogens with one attached hydrogen (secondary N) is 1. The predicted molar refractivity (Wildman–Crippen MR) is 83.2 cm³/mol. The van der Waals surface area contributed by atoms with E-state index in [0.29, 0.717) is 18.3 Å². The lowest BCUT2D eigenvalue weighted by Crippen LogP contribution is -2.24. The Kier molecular flexibility index (Phi) is 3.63. The van der Waals surface area contributed by atoms with Gasteiger partial charge in [-0.25, -0.2) is 4.98 Å². The number of aromatic amines is 1. The fraction of sp³-hybridized carbons (Fsp3) is 0.375. The summed E-state index contributed by atoms with van der Waals surface area (Å²) in [6.07, 6.45) is 3.75. The molecule has 0 amide bonds. The number of likely N-dealkylation sites (tertiary alicyclic amines) is 1. The van der Waals surface area contributed by atoms with Crippen LogP contribution in [-0.2, 0) is 6.54 Å². The number of hydrogen-bond acceptors (Lipinski definition) is 6. The Morgan fingerprint density at radius 1 is 1.35 bits per heavy atom. The largest absolute Gasteiger partial charge is 0.334 e. The van der Waals surface area contributed by atoms with Crippen molar-refractivity contribution in [2.75, 3.05) is 6.54 Å². The molecule has 1 atom stereocenters. The predicted octanol–water partition coefficient (Wildman–Crippen LogP) is 2.50. The van der Waals surface area contributed by atoms with Crippen LogP contribution in [0.5, 0.6) is 0 Å². The lowest BCUT2D eigenvalue weighted by molar-refractivity contribution is 0.230. The van der Waals surface area contributed by atoms with E-state index in [1.54, 1.807) is 6.33 Å². The van der Waals surface area contributed by atoms with Crippen molar-refractivity contribution in [2.24, 2.45) is 0 Å². The van der Waals surface area contributed by atoms with Crippen molar-refractivity contribution in [3.8, 4) is 11.5 Å². The average Bonchev–Trinajstić information content (AvgIpc) is 3.29. The quantitative estimate of drug-likeness (QED) is 0.797. The first-order valence-electron chi connectivity index (χ1n) is 7.79. The van der Waals surface area contributed by atoms with E-state index in [0.717, 1.165) is 36.3 Å². The van der Waals surface area contributed by atoms with E-state index in [-0.39, 0.29) is 6.04 Å². The van der Waals surface area contributed by atoms with Gasteiger partial charge >= 0.3 is 0 Å². The highest BCUT2D eigenvalue weighted by Crippen LogP contribution is 2.31. The van der Waals surface area contributed by atoms with Gasteiger partial charge < -0.3 is 4.52 Å². The van der Waals surface area contributed by atoms with E-state index in [1.807, 2.05) is 31.2 Å². The van der Waals surface area contributed by atoms with Gasteiger partial charge in [0.15, 0.2) is 5.82 Å². The molecular formula is C16H18N6O. The van der Waals surface area contributed by atoms with Gasteiger partial charge in [0.2, 0.25) is 0 Å². The number of benzene rings is 1. The maximum atomic E-state index is 5.44. The van der Waals surface area contributed by atoms with E-state index in [2.05, 4.69) is 30.2 Å². The molecule has 118 valence electrons. The molecule has 1 aromatic carbocycles. The summed E-state index contributed by atoms with van der Waals surface area (Å²) in [5.74, 6) is 2.19. The second-order valence-electron chi connectivity index (χ2n) is 5.83. The molecule has 1 fully saturated rings. The Morgan fingerprint density at radius 2 is 2.26 bits per heavy atom. The molecule has 0 unspecified atom stereocenters. The van der Waals surface area contributed by atoms with Gasteiger partial charge in [-0.05, 0) is 37.9 Å². The molecule has 1 N–H and O–H groups in total. The zero-order valence-corrected chi connectivity index (χ0v) is 12.9. The molecule has 0 spiro atoms. The van der Waals surface area contributed by atoms with Crippen molar-refractivity contribution in [1.82, 2.24) is 30.2 Å². The smallest absolute Gasteiger partial charge is 0.258 e. The molecule has 3 aromatic rings. The Balaban J connectivity index is 1.53. The number of rotatable bonds is 4. The maximum Gasteiger partial charge on any atom is 0.258 e. The van der Waals surface area contributed by atoms with Gasteiger partial charge in [-0.1, -0.05) is 23.4 Å². The van der Waals surface area contributed by atoms with Gasteiger partial charge in [0.25, 0.3) is 5.89 Å². The molecule has 1 saturated heterocycles. The fourth-order valence-electron chi connectivity index (χ4n) is 3.12. The summed E-state index contributed by atoms with van der Waals surface area (Å²) in [7, 11) is 0. The summed E-state index contributed by atoms with van der Waals surface area (Å²) in [4.78, 5) is 11.1. The van der Waals surface area contributed by atoms with Crippen LogP contribution in [0.2, 0.25) is 0 Å². The third-order valence-corrected chi connectivity index (χ3v) is 4.30. The van der Waals surface area contributed by atoms with E-state index in [4.69, 9.17) is 4.52 Å². The first-order valence-corrected chi connectivity index (χ1v) is 7.79. The Morgan fingerprint density at radius 3 is 3.09 bits per heavy atom. The molecule has 0 bridgehead atoms. The minimum atomic E-state index is 0.248. The van der Waals surface area contributed by atoms with Crippen LogP contribution >= 0.6 is 0 Å². The number of hydrogen-bond donors (Lipinski definition) is 1. The second kappa shape index (κ2) is 5.92. The highest BCUT2D eigenvalue weighted by atomic mass is 16.5. The van der Waals surface area contributed by atoms with Crippen molar-refractivity contribution >= 4 is 0 Å². The lowest BCUT2D eigenvalue weighted by Gasteiger charge is -2.20. The summed E-state index contributed by atoms with van der Waals surface area (Å²) < 4.78 is 5.44. The van der Waals surface area contributed by atoms with Crippen molar-refractivity contribution in [2.45, 2.75) is 32.4 Å². The Hall–Kier alpha value is -2.54. The average molecular weight is 310 g/mol. The van der Waals surface area contributed by atoms with Crippen LogP contribution in [0.25, 0.3) is 11.5 Å². The van der Waals surface area contributed by atoms with Crippen LogP contribution in [0.1, 0.15) is 36.1 Å². The van der Waals surface area contributed by atoms with Gasteiger partial charge in [0.1, 0.15) is 12.2 Å². The highest BCUT2D eigenvalue weighted by Gasteiger charge is 2.29. The molecule has 2 aromatic heterocycles. The van der Waals surface area contributed by atoms with Crippen LogP contribution in [0.4, 0.5) is 0 Å². The summed E-state index contributed by atoms with van der Waals surface area (Å²) in [5.41, 5.74) is 2.11. The lowest BCUT2D eigenvalue weighted by atomic mass is 10.1. The second-order valence-corrected chi connectivity index (χ2v) is 5.83. The van der Waals surface area contributed by atoms with Crippen molar-refractivity contribution in [3.05, 3.63) is 47.8 Å². The number of nitrogens with zero attached hydrogens (tertiary/aromatic N) is 5. The highest BCUT2D eigenvalue weighted by molar-refractivity contribution is 5.57. The molecule has 1 aliphatic heterocycles. The topological polar surface area (TPSA) is 83.7 Å². The third kappa shape index (κ3) is 2.75. The van der Waals surface area contributed by atoms with Gasteiger partial charge in [-0.3, -0.25) is 10.00 Å². The van der Waals surface area contributed by atoms with Crippen LogP contribution < -0.4 is 0 Å². The molecule has 0 saturated carbocycles. The van der Waals surface area contributed by atoms with Crippen molar-refractivity contribution < 1.29 is 4.52 Å². The summed E-state index contributed by atoms with van der Waals surface area (Å²) in [6.45, 7) is 3.69. The first kappa shape index (κ1) is 14.1. The molecule has 3 heterocycles. The van der Waals surface area contributed by atoms with Gasteiger partial charge in [0.05, 0.1) is 12.6 Å². The monoisotopic (exact) mass is 310 g/mol. The Labute approximate surface area is 133 Å². The summed E-state index contributed by atoms with van der Waals surface area (Å²) >= 11 is 0. The molecule has 1 aliphatic rings. The Bertz CT molecular complexity index is 781. The third-order valence-electron chi connectivity index (χ3n) is 4.30. The number of H-pyrrole nitrogens is 1. The fourth-order valence-corrected chi connectivity index (χ4v) is 3.12. The zero-order valence-electron chi connectivity index (χ0n) is 12.9. The van der Waals surface area contributed by atoms with Crippen LogP contribution in [0, 0.1) is 6.92 Å². The molecular weight excluding hydrogens is 292 g/mol. The van der Waals surface area contributed by atoms with Gasteiger partial charge in [-0.2, -0.15) is 10.1 Å². The summed E-state index contributed by atoms with van der Waals surface area (Å²) in [5, 5.41) is 11.1. The summed E-state index contributed by atoms with van der Waals surface area (Å²) in [6, 6.07) is 8.27. The molecule has 23 heavy (non-hydrogen) atoms. The van der Waals surface area contributed by atoms with E-state index < -0.39 is 0 Å². The minimum Gasteiger partial charge on any atom is -0.334 e. The normalized spacial score (nSPS) is 18.6. The first-order chi connectivity index (χ1) is 11.3. The molecule has 4 rings (SSSR count).